The van der Waals surface area contributed by atoms with E-state index in [4.69, 9.17) is 5.73 Å². The Hall–Kier alpha value is -0.820. The first-order valence-electron chi connectivity index (χ1n) is 6.44. The predicted octanol–water partition coefficient (Wildman–Crippen LogP) is 1.29. The molecule has 1 aromatic rings. The van der Waals surface area contributed by atoms with E-state index in [0.29, 0.717) is 10.9 Å². The van der Waals surface area contributed by atoms with Crippen LogP contribution in [0.1, 0.15) is 12.8 Å². The summed E-state index contributed by atoms with van der Waals surface area (Å²) in [5.41, 5.74) is 6.94. The lowest BCUT2D eigenvalue weighted by Gasteiger charge is -2.32. The van der Waals surface area contributed by atoms with Crippen molar-refractivity contribution in [2.24, 2.45) is 5.73 Å². The molecule has 0 radical (unpaired) electrons. The molecule has 20 heavy (non-hydrogen) atoms. The van der Waals surface area contributed by atoms with Crippen LogP contribution in [0.15, 0.2) is 29.2 Å². The third-order valence-electron chi connectivity index (χ3n) is 3.52. The van der Waals surface area contributed by atoms with Crippen LogP contribution in [0.25, 0.3) is 0 Å². The van der Waals surface area contributed by atoms with Gasteiger partial charge in [0.1, 0.15) is 0 Å². The zero-order valence-corrected chi connectivity index (χ0v) is 13.5. The summed E-state index contributed by atoms with van der Waals surface area (Å²) in [7, 11) is -0.264. The Balaban J connectivity index is 0.00000200. The minimum absolute atomic E-state index is 0. The number of anilines is 1. The lowest BCUT2D eigenvalue weighted by molar-refractivity contribution is 0.501. The van der Waals surface area contributed by atoms with Crippen LogP contribution >= 0.6 is 12.4 Å². The Bertz CT molecular complexity index is 523. The van der Waals surface area contributed by atoms with E-state index in [1.54, 1.807) is 12.1 Å². The number of halogens is 1. The maximum atomic E-state index is 12.0. The van der Waals surface area contributed by atoms with Gasteiger partial charge in [0.05, 0.1) is 4.90 Å². The van der Waals surface area contributed by atoms with E-state index >= 15 is 0 Å². The van der Waals surface area contributed by atoms with Gasteiger partial charge < -0.3 is 10.6 Å². The highest BCUT2D eigenvalue weighted by atomic mass is 35.5. The second-order valence-corrected chi connectivity index (χ2v) is 7.26. The molecule has 7 heteroatoms. The van der Waals surface area contributed by atoms with Gasteiger partial charge in [-0.2, -0.15) is 0 Å². The van der Waals surface area contributed by atoms with Crippen LogP contribution in [0.2, 0.25) is 0 Å². The molecule has 0 spiro atoms. The molecule has 0 unspecified atom stereocenters. The van der Waals surface area contributed by atoms with Gasteiger partial charge in [0.15, 0.2) is 0 Å². The molecule has 5 nitrogen and oxygen atoms in total. The third kappa shape index (κ3) is 3.63. The number of nitrogens with zero attached hydrogens (tertiary/aromatic N) is 2. The first kappa shape index (κ1) is 17.2. The fraction of sp³-hybridized carbons (Fsp3) is 0.538. The topological polar surface area (TPSA) is 66.6 Å². The first-order chi connectivity index (χ1) is 8.91. The zero-order valence-electron chi connectivity index (χ0n) is 11.8. The van der Waals surface area contributed by atoms with Crippen molar-refractivity contribution in [3.63, 3.8) is 0 Å². The van der Waals surface area contributed by atoms with Crippen LogP contribution in [-0.2, 0) is 10.0 Å². The molecule has 114 valence electrons. The summed E-state index contributed by atoms with van der Waals surface area (Å²) in [5.74, 6) is 0. The maximum absolute atomic E-state index is 12.0. The minimum Gasteiger partial charge on any atom is -0.371 e. The van der Waals surface area contributed by atoms with Gasteiger partial charge in [-0.3, -0.25) is 0 Å². The normalized spacial score (nSPS) is 17.1. The highest BCUT2D eigenvalue weighted by Gasteiger charge is 2.19. The molecule has 0 aromatic heterocycles. The molecule has 2 N–H and O–H groups in total. The fourth-order valence-corrected chi connectivity index (χ4v) is 3.10. The Morgan fingerprint density at radius 2 is 1.65 bits per heavy atom. The molecule has 2 rings (SSSR count). The summed E-state index contributed by atoms with van der Waals surface area (Å²) < 4.78 is 25.1. The molecule has 0 aliphatic carbocycles. The van der Waals surface area contributed by atoms with E-state index < -0.39 is 10.0 Å². The van der Waals surface area contributed by atoms with Crippen molar-refractivity contribution in [2.45, 2.75) is 23.8 Å². The van der Waals surface area contributed by atoms with Crippen molar-refractivity contribution in [1.29, 1.82) is 0 Å². The lowest BCUT2D eigenvalue weighted by Crippen LogP contribution is -2.39. The largest absolute Gasteiger partial charge is 0.371 e. The second-order valence-electron chi connectivity index (χ2n) is 5.11. The quantitative estimate of drug-likeness (QED) is 0.911. The predicted molar refractivity (Wildman–Crippen MR) is 84.0 cm³/mol. The average Bonchev–Trinajstić information content (AvgIpc) is 2.39. The zero-order chi connectivity index (χ0) is 14.0. The molecule has 1 aliphatic rings. The van der Waals surface area contributed by atoms with E-state index in [0.717, 1.165) is 31.6 Å². The molecule has 0 bridgehead atoms. The lowest BCUT2D eigenvalue weighted by atomic mass is 10.1. The first-order valence-corrected chi connectivity index (χ1v) is 7.88. The van der Waals surface area contributed by atoms with Crippen molar-refractivity contribution >= 4 is 28.1 Å². The van der Waals surface area contributed by atoms with Gasteiger partial charge in [-0.15, -0.1) is 12.4 Å². The van der Waals surface area contributed by atoms with Crippen molar-refractivity contribution in [3.8, 4) is 0 Å². The molecular weight excluding hydrogens is 298 g/mol. The van der Waals surface area contributed by atoms with Crippen LogP contribution in [0.4, 0.5) is 5.69 Å². The van der Waals surface area contributed by atoms with Crippen LogP contribution in [0, 0.1) is 0 Å². The fourth-order valence-electron chi connectivity index (χ4n) is 2.20. The van der Waals surface area contributed by atoms with Crippen molar-refractivity contribution < 1.29 is 8.42 Å². The second kappa shape index (κ2) is 6.76. The molecule has 1 saturated heterocycles. The number of hydrogen-bond acceptors (Lipinski definition) is 4. The van der Waals surface area contributed by atoms with Crippen LogP contribution in [0.3, 0.4) is 0 Å². The van der Waals surface area contributed by atoms with E-state index in [1.165, 1.54) is 18.4 Å². The van der Waals surface area contributed by atoms with Crippen molar-refractivity contribution in [3.05, 3.63) is 24.3 Å². The van der Waals surface area contributed by atoms with E-state index in [1.807, 2.05) is 12.1 Å². The Morgan fingerprint density at radius 3 is 2.10 bits per heavy atom. The van der Waals surface area contributed by atoms with E-state index in [2.05, 4.69) is 4.90 Å². The van der Waals surface area contributed by atoms with Crippen molar-refractivity contribution in [1.82, 2.24) is 4.31 Å². The number of sulfonamides is 1. The molecule has 0 saturated carbocycles. The van der Waals surface area contributed by atoms with Gasteiger partial charge in [0.25, 0.3) is 0 Å². The summed E-state index contributed by atoms with van der Waals surface area (Å²) in [6, 6.07) is 7.36. The number of rotatable bonds is 3. The molecule has 1 aliphatic heterocycles. The Labute approximate surface area is 127 Å². The summed E-state index contributed by atoms with van der Waals surface area (Å²) in [5, 5.41) is 0. The average molecular weight is 320 g/mol. The summed E-state index contributed by atoms with van der Waals surface area (Å²) >= 11 is 0. The number of nitrogens with two attached hydrogens (primary N) is 1. The van der Waals surface area contributed by atoms with Gasteiger partial charge in [0, 0.05) is 38.9 Å². The van der Waals surface area contributed by atoms with Crippen molar-refractivity contribution in [2.75, 3.05) is 32.1 Å². The number of benzene rings is 1. The number of hydrogen-bond donors (Lipinski definition) is 1. The highest BCUT2D eigenvalue weighted by molar-refractivity contribution is 7.89. The number of piperidine rings is 1. The molecule has 1 fully saturated rings. The van der Waals surface area contributed by atoms with Gasteiger partial charge in [-0.1, -0.05) is 0 Å². The molecular formula is C13H22ClN3O2S. The smallest absolute Gasteiger partial charge is 0.242 e. The highest BCUT2D eigenvalue weighted by Crippen LogP contribution is 2.22. The summed E-state index contributed by atoms with van der Waals surface area (Å²) in [4.78, 5) is 2.57. The SMILES string of the molecule is CN(C)S(=O)(=O)c1ccc(N2CCC(N)CC2)cc1.Cl. The standard InChI is InChI=1S/C13H21N3O2S.ClH/c1-15(2)19(17,18)13-5-3-12(4-6-13)16-9-7-11(14)8-10-16;/h3-6,11H,7-10,14H2,1-2H3;1H. The summed E-state index contributed by atoms with van der Waals surface area (Å²) in [6.45, 7) is 1.86. The van der Waals surface area contributed by atoms with Crippen LogP contribution in [0.5, 0.6) is 0 Å². The molecule has 1 aromatic carbocycles. The van der Waals surface area contributed by atoms with Crippen LogP contribution in [-0.4, -0.2) is 45.9 Å². The molecule has 0 amide bonds. The van der Waals surface area contributed by atoms with Gasteiger partial charge in [-0.05, 0) is 37.1 Å². The van der Waals surface area contributed by atoms with Gasteiger partial charge in [-0.25, -0.2) is 12.7 Å². The monoisotopic (exact) mass is 319 g/mol. The summed E-state index contributed by atoms with van der Waals surface area (Å²) in [6.07, 6.45) is 1.97. The molecule has 1 heterocycles. The van der Waals surface area contributed by atoms with Gasteiger partial charge in [0.2, 0.25) is 10.0 Å². The molecule has 0 atom stereocenters. The van der Waals surface area contributed by atoms with E-state index in [-0.39, 0.29) is 12.4 Å². The Morgan fingerprint density at radius 1 is 1.15 bits per heavy atom. The van der Waals surface area contributed by atoms with Gasteiger partial charge >= 0.3 is 0 Å². The maximum Gasteiger partial charge on any atom is 0.242 e. The Kier molecular flexibility index (Phi) is 5.82. The van der Waals surface area contributed by atoms with E-state index in [9.17, 15) is 8.42 Å². The van der Waals surface area contributed by atoms with Crippen LogP contribution < -0.4 is 10.6 Å². The third-order valence-corrected chi connectivity index (χ3v) is 5.35. The minimum atomic E-state index is -3.34.